The van der Waals surface area contributed by atoms with Crippen molar-refractivity contribution in [1.82, 2.24) is 0 Å². The van der Waals surface area contributed by atoms with Crippen LogP contribution in [0.5, 0.6) is 0 Å². The highest BCUT2D eigenvalue weighted by molar-refractivity contribution is 7.94. The quantitative estimate of drug-likeness (QED) is 0.0509. The maximum Gasteiger partial charge on any atom is 0.390 e. The summed E-state index contributed by atoms with van der Waals surface area (Å²) in [5.74, 6) is 0. The summed E-state index contributed by atoms with van der Waals surface area (Å²) >= 11 is 9.52. The van der Waals surface area contributed by atoms with E-state index in [9.17, 15) is 81.6 Å². The van der Waals surface area contributed by atoms with Crippen LogP contribution in [0.4, 0.5) is 71.6 Å². The van der Waals surface area contributed by atoms with Crippen LogP contribution in [-0.2, 0) is 50.1 Å². The molecular weight excluding hydrogens is 1340 g/mol. The van der Waals surface area contributed by atoms with E-state index in [1.807, 2.05) is 0 Å². The lowest BCUT2D eigenvalue weighted by atomic mass is 10.3. The van der Waals surface area contributed by atoms with Gasteiger partial charge in [-0.15, -0.1) is 34.0 Å². The van der Waals surface area contributed by atoms with Gasteiger partial charge in [0.05, 0.1) is 51.5 Å². The summed E-state index contributed by atoms with van der Waals surface area (Å²) in [6, 6.07) is 38.8. The van der Waals surface area contributed by atoms with Gasteiger partial charge in [-0.2, -0.15) is 39.5 Å². The van der Waals surface area contributed by atoms with E-state index >= 15 is 0 Å². The van der Waals surface area contributed by atoms with Crippen molar-refractivity contribution in [1.29, 1.82) is 0 Å². The second kappa shape index (κ2) is 26.6. The number of nitrogen functional groups attached to an aromatic ring is 1. The standard InChI is InChI=1S/C18H16ClF3N2O4S3.C18H17F3N2O4S3.C17H15F3N2O2S2/c1-30(25,26)23-12-6-8-13(9-7-12)31(27,28)24(11-10-18(20,21)22)17-16(19)14-4-2-3-5-15(14)29-17;1-29(24,25)22-14-6-8-15(9-7-14)30(26,27)23(11-10-18(19,20)21)17-12-13-4-2-3-5-16(13)28-17;18-17(19,20)9-10-22(16-11-12-3-1-2-4-15(12)25-16)26(23,24)14-7-5-13(21)6-8-14/h2-9,23H,10-11H2,1H3;2-9,12,22H,10-11H2,1H3;1-8,11H,9-10,21H2. The lowest BCUT2D eigenvalue weighted by Crippen LogP contribution is -2.34. The lowest BCUT2D eigenvalue weighted by molar-refractivity contribution is -0.132. The molecule has 4 N–H and O–H groups in total. The van der Waals surface area contributed by atoms with Crippen molar-refractivity contribution in [2.24, 2.45) is 0 Å². The van der Waals surface area contributed by atoms with Crippen LogP contribution in [0.1, 0.15) is 19.3 Å². The number of thiophene rings is 3. The number of benzene rings is 6. The van der Waals surface area contributed by atoms with Gasteiger partial charge in [-0.1, -0.05) is 66.2 Å². The van der Waals surface area contributed by atoms with E-state index in [-0.39, 0.29) is 46.1 Å². The SMILES string of the molecule is CS(=O)(=O)Nc1ccc(S(=O)(=O)N(CCC(F)(F)F)c2cc3ccccc3s2)cc1.CS(=O)(=O)Nc1ccc(S(=O)(=O)N(CCC(F)(F)F)c2sc3ccccc3c2Cl)cc1.Nc1ccc(S(=O)(=O)N(CCC(F)(F)F)c2cc3ccccc3s2)cc1. The highest BCUT2D eigenvalue weighted by atomic mass is 35.5. The molecule has 0 aliphatic heterocycles. The number of hydrogen-bond acceptors (Lipinski definition) is 14. The first-order valence-electron chi connectivity index (χ1n) is 24.7. The Kier molecular flexibility index (Phi) is 20.8. The van der Waals surface area contributed by atoms with E-state index in [0.29, 0.717) is 20.1 Å². The van der Waals surface area contributed by atoms with Crippen LogP contribution in [0.3, 0.4) is 0 Å². The van der Waals surface area contributed by atoms with Crippen molar-refractivity contribution in [3.05, 3.63) is 163 Å². The lowest BCUT2D eigenvalue weighted by Gasteiger charge is -2.24. The number of sulfonamides is 5. The van der Waals surface area contributed by atoms with E-state index in [1.165, 1.54) is 54.6 Å². The molecule has 9 rings (SSSR count). The van der Waals surface area contributed by atoms with Crippen LogP contribution in [0.2, 0.25) is 5.02 Å². The molecule has 0 radical (unpaired) electrons. The Morgan fingerprint density at radius 1 is 0.437 bits per heavy atom. The zero-order valence-corrected chi connectivity index (χ0v) is 52.1. The van der Waals surface area contributed by atoms with Crippen LogP contribution in [0.25, 0.3) is 30.3 Å². The zero-order chi connectivity index (χ0) is 64.1. The largest absolute Gasteiger partial charge is 0.399 e. The maximum atomic E-state index is 13.2. The maximum absolute atomic E-state index is 13.2. The number of nitrogens with one attached hydrogen (secondary N) is 2. The minimum atomic E-state index is -4.58. The minimum Gasteiger partial charge on any atom is -0.399 e. The summed E-state index contributed by atoms with van der Waals surface area (Å²) < 4.78 is 248. The molecule has 3 aromatic heterocycles. The number of rotatable bonds is 19. The van der Waals surface area contributed by atoms with Crippen molar-refractivity contribution in [3.8, 4) is 0 Å². The number of fused-ring (bicyclic) bond motifs is 3. The average molecular weight is 1390 g/mol. The summed E-state index contributed by atoms with van der Waals surface area (Å²) in [5.41, 5.74) is 6.19. The first-order valence-corrected chi connectivity index (χ1v) is 35.7. The smallest absolute Gasteiger partial charge is 0.390 e. The third-order valence-electron chi connectivity index (χ3n) is 11.8. The van der Waals surface area contributed by atoms with Crippen LogP contribution in [0.15, 0.2) is 172 Å². The molecule has 0 atom stereocenters. The molecule has 87 heavy (non-hydrogen) atoms. The highest BCUT2D eigenvalue weighted by Gasteiger charge is 2.37. The molecule has 0 bridgehead atoms. The van der Waals surface area contributed by atoms with Gasteiger partial charge in [-0.25, -0.2) is 42.1 Å². The molecule has 468 valence electrons. The van der Waals surface area contributed by atoms with Crippen LogP contribution < -0.4 is 28.1 Å². The van der Waals surface area contributed by atoms with E-state index in [1.54, 1.807) is 78.9 Å². The molecule has 0 aliphatic rings. The molecule has 34 heteroatoms. The fourth-order valence-corrected chi connectivity index (χ4v) is 17.8. The molecular formula is C53H48ClF9N6O10S8. The summed E-state index contributed by atoms with van der Waals surface area (Å²) in [6.45, 7) is -2.33. The minimum absolute atomic E-state index is 0.0227. The Balaban J connectivity index is 0.000000187. The molecule has 6 aromatic carbocycles. The fourth-order valence-electron chi connectivity index (χ4n) is 7.90. The number of hydrogen-bond donors (Lipinski definition) is 3. The van der Waals surface area contributed by atoms with Gasteiger partial charge < -0.3 is 5.73 Å². The first-order chi connectivity index (χ1) is 40.3. The third kappa shape index (κ3) is 18.5. The number of nitrogens with two attached hydrogens (primary N) is 1. The topological polar surface area (TPSA) is 230 Å². The van der Waals surface area contributed by atoms with E-state index in [4.69, 9.17) is 17.3 Å². The molecule has 0 amide bonds. The summed E-state index contributed by atoms with van der Waals surface area (Å²) in [4.78, 5) is -0.658. The van der Waals surface area contributed by atoms with Crippen molar-refractivity contribution in [2.75, 3.05) is 60.2 Å². The molecule has 0 unspecified atom stereocenters. The first kappa shape index (κ1) is 67.9. The monoisotopic (exact) mass is 1390 g/mol. The van der Waals surface area contributed by atoms with Crippen molar-refractivity contribution < 1.29 is 81.6 Å². The van der Waals surface area contributed by atoms with Gasteiger partial charge in [0.15, 0.2) is 0 Å². The molecule has 0 saturated heterocycles. The van der Waals surface area contributed by atoms with E-state index in [2.05, 4.69) is 9.44 Å². The van der Waals surface area contributed by atoms with E-state index < -0.39 is 108 Å². The van der Waals surface area contributed by atoms with Crippen molar-refractivity contribution in [2.45, 2.75) is 52.5 Å². The van der Waals surface area contributed by atoms with Crippen LogP contribution in [0, 0.1) is 0 Å². The normalized spacial score (nSPS) is 12.7. The van der Waals surface area contributed by atoms with Gasteiger partial charge in [0.1, 0.15) is 15.0 Å². The Morgan fingerprint density at radius 3 is 1.10 bits per heavy atom. The average Bonchev–Trinajstić information content (AvgIpc) is 2.27. The van der Waals surface area contributed by atoms with Gasteiger partial charge in [-0.05, 0) is 114 Å². The predicted octanol–water partition coefficient (Wildman–Crippen LogP) is 14.1. The predicted molar refractivity (Wildman–Crippen MR) is 327 cm³/mol. The van der Waals surface area contributed by atoms with Gasteiger partial charge >= 0.3 is 18.5 Å². The number of alkyl halides is 9. The third-order valence-corrected chi connectivity index (χ3v) is 22.8. The van der Waals surface area contributed by atoms with Gasteiger partial charge in [0.25, 0.3) is 30.1 Å². The number of nitrogens with zero attached hydrogens (tertiary/aromatic N) is 3. The second-order valence-corrected chi connectivity index (χ2v) is 31.3. The van der Waals surface area contributed by atoms with Gasteiger partial charge in [0.2, 0.25) is 20.0 Å². The summed E-state index contributed by atoms with van der Waals surface area (Å²) in [7, 11) is -20.0. The van der Waals surface area contributed by atoms with Gasteiger partial charge in [-0.3, -0.25) is 22.4 Å². The molecule has 16 nitrogen and oxygen atoms in total. The highest BCUT2D eigenvalue weighted by Crippen LogP contribution is 2.45. The van der Waals surface area contributed by atoms with Crippen molar-refractivity contribution >= 4 is 158 Å². The Morgan fingerprint density at radius 2 is 0.759 bits per heavy atom. The molecule has 0 aliphatic carbocycles. The summed E-state index contributed by atoms with van der Waals surface area (Å²) in [6.07, 6.45) is -15.6. The Labute approximate surface area is 511 Å². The van der Waals surface area contributed by atoms with Gasteiger partial charge in [0, 0.05) is 56.2 Å². The summed E-state index contributed by atoms with van der Waals surface area (Å²) in [5, 5.41) is 2.46. The van der Waals surface area contributed by atoms with Crippen LogP contribution >= 0.6 is 45.6 Å². The molecule has 0 saturated carbocycles. The molecule has 9 aromatic rings. The number of halogens is 10. The second-order valence-electron chi connectivity index (χ2n) is 18.7. The van der Waals surface area contributed by atoms with E-state index in [0.717, 1.165) is 99.6 Å². The molecule has 0 fully saturated rings. The molecule has 0 spiro atoms. The Bertz CT molecular complexity index is 4410. The molecule has 3 heterocycles. The van der Waals surface area contributed by atoms with Crippen LogP contribution in [-0.4, -0.2) is 92.8 Å². The number of anilines is 6. The fraction of sp³-hybridized carbons (Fsp3) is 0.208. The zero-order valence-electron chi connectivity index (χ0n) is 44.8. The Hall–Kier alpha value is -6.59. The van der Waals surface area contributed by atoms with Crippen molar-refractivity contribution in [3.63, 3.8) is 0 Å².